The number of nitrogens with one attached hydrogen (secondary N) is 1. The highest BCUT2D eigenvalue weighted by atomic mass is 16.5. The van der Waals surface area contributed by atoms with Crippen molar-refractivity contribution in [2.75, 3.05) is 7.11 Å². The highest BCUT2D eigenvalue weighted by Gasteiger charge is 2.24. The van der Waals surface area contributed by atoms with Crippen molar-refractivity contribution < 1.29 is 9.53 Å². The van der Waals surface area contributed by atoms with E-state index >= 15 is 0 Å². The first-order valence-electron chi connectivity index (χ1n) is 2.66. The predicted molar refractivity (Wildman–Crippen MR) is 33.5 cm³/mol. The van der Waals surface area contributed by atoms with E-state index in [0.29, 0.717) is 6.29 Å². The number of rotatable bonds is 1. The van der Waals surface area contributed by atoms with Gasteiger partial charge in [-0.1, -0.05) is 0 Å². The maximum Gasteiger partial charge on any atom is 0.325 e. The van der Waals surface area contributed by atoms with Gasteiger partial charge in [0, 0.05) is 0 Å². The summed E-state index contributed by atoms with van der Waals surface area (Å²) in [4.78, 5) is 10.2. The zero-order valence-electron chi connectivity index (χ0n) is 5.44. The van der Waals surface area contributed by atoms with E-state index in [-0.39, 0.29) is 6.02 Å². The second-order valence-corrected chi connectivity index (χ2v) is 1.72. The van der Waals surface area contributed by atoms with E-state index in [9.17, 15) is 4.79 Å². The molecule has 0 spiro atoms. The highest BCUT2D eigenvalue weighted by Crippen LogP contribution is 1.97. The molecule has 0 radical (unpaired) electrons. The van der Waals surface area contributed by atoms with Crippen LogP contribution in [-0.4, -0.2) is 30.6 Å². The monoisotopic (exact) mass is 144 g/mol. The molecule has 1 aliphatic rings. The van der Waals surface area contributed by atoms with E-state index in [4.69, 9.17) is 5.84 Å². The number of hydrazone groups is 1. The largest absolute Gasteiger partial charge is 0.466 e. The topological polar surface area (TPSA) is 80.0 Å². The SMILES string of the molecule is COC1=NNC(C=O)N1N. The first-order chi connectivity index (χ1) is 4.79. The fraction of sp³-hybridized carbons (Fsp3) is 0.500. The van der Waals surface area contributed by atoms with Crippen LogP contribution in [0.1, 0.15) is 0 Å². The Balaban J connectivity index is 2.59. The van der Waals surface area contributed by atoms with Crippen LogP contribution in [0.4, 0.5) is 0 Å². The lowest BCUT2D eigenvalue weighted by molar-refractivity contribution is -0.111. The average Bonchev–Trinajstić information content (AvgIpc) is 2.30. The van der Waals surface area contributed by atoms with Gasteiger partial charge in [-0.2, -0.15) is 0 Å². The smallest absolute Gasteiger partial charge is 0.325 e. The molecule has 1 rings (SSSR count). The van der Waals surface area contributed by atoms with Gasteiger partial charge in [0.2, 0.25) is 0 Å². The molecule has 3 N–H and O–H groups in total. The first-order valence-corrected chi connectivity index (χ1v) is 2.66. The van der Waals surface area contributed by atoms with Crippen LogP contribution in [0.3, 0.4) is 0 Å². The van der Waals surface area contributed by atoms with Gasteiger partial charge in [0.1, 0.15) is 0 Å². The highest BCUT2D eigenvalue weighted by molar-refractivity contribution is 5.79. The van der Waals surface area contributed by atoms with E-state index < -0.39 is 6.17 Å². The number of carbonyl (C=O) groups excluding carboxylic acids is 1. The standard InChI is InChI=1S/C4H8N4O2/c1-10-4-7-6-3(2-9)8(4)5/h2-3,6H,5H2,1H3. The molecular formula is C4H8N4O2. The summed E-state index contributed by atoms with van der Waals surface area (Å²) in [5.74, 6) is 5.33. The van der Waals surface area contributed by atoms with E-state index in [1.54, 1.807) is 0 Å². The van der Waals surface area contributed by atoms with Crippen molar-refractivity contribution in [3.8, 4) is 0 Å². The fourth-order valence-electron chi connectivity index (χ4n) is 0.607. The molecular weight excluding hydrogens is 136 g/mol. The second-order valence-electron chi connectivity index (χ2n) is 1.72. The second kappa shape index (κ2) is 2.53. The van der Waals surface area contributed by atoms with Crippen molar-refractivity contribution in [1.82, 2.24) is 10.4 Å². The van der Waals surface area contributed by atoms with Gasteiger partial charge in [0.15, 0.2) is 12.5 Å². The summed E-state index contributed by atoms with van der Waals surface area (Å²) in [6, 6.07) is 0.206. The summed E-state index contributed by atoms with van der Waals surface area (Å²) in [6.07, 6.45) is 0.0325. The predicted octanol–water partition coefficient (Wildman–Crippen LogP) is -1.79. The Morgan fingerprint density at radius 2 is 2.70 bits per heavy atom. The summed E-state index contributed by atoms with van der Waals surface area (Å²) in [5.41, 5.74) is 2.45. The Labute approximate surface area is 57.6 Å². The van der Waals surface area contributed by atoms with Gasteiger partial charge in [0.25, 0.3) is 0 Å². The Morgan fingerprint density at radius 1 is 2.00 bits per heavy atom. The molecule has 1 heterocycles. The van der Waals surface area contributed by atoms with Crippen molar-refractivity contribution in [2.24, 2.45) is 10.9 Å². The molecule has 1 atom stereocenters. The number of nitrogens with two attached hydrogens (primary N) is 1. The summed E-state index contributed by atoms with van der Waals surface area (Å²) in [7, 11) is 1.42. The van der Waals surface area contributed by atoms with Crippen LogP contribution in [0, 0.1) is 0 Å². The number of ether oxygens (including phenoxy) is 1. The van der Waals surface area contributed by atoms with E-state index in [2.05, 4.69) is 15.3 Å². The average molecular weight is 144 g/mol. The van der Waals surface area contributed by atoms with Crippen molar-refractivity contribution in [2.45, 2.75) is 6.17 Å². The molecule has 0 aromatic carbocycles. The zero-order valence-corrected chi connectivity index (χ0v) is 5.44. The molecule has 1 unspecified atom stereocenters. The molecule has 0 fully saturated rings. The third-order valence-corrected chi connectivity index (χ3v) is 1.12. The number of hydrogen-bond acceptors (Lipinski definition) is 6. The van der Waals surface area contributed by atoms with E-state index in [1.807, 2.05) is 0 Å². The number of carbonyl (C=O) groups is 1. The zero-order chi connectivity index (χ0) is 7.56. The van der Waals surface area contributed by atoms with E-state index in [0.717, 1.165) is 5.01 Å². The van der Waals surface area contributed by atoms with Crippen LogP contribution >= 0.6 is 0 Å². The van der Waals surface area contributed by atoms with E-state index in [1.165, 1.54) is 7.11 Å². The van der Waals surface area contributed by atoms with Crippen LogP contribution in [0.25, 0.3) is 0 Å². The summed E-state index contributed by atoms with van der Waals surface area (Å²) in [5, 5.41) is 4.71. The summed E-state index contributed by atoms with van der Waals surface area (Å²) < 4.78 is 4.69. The van der Waals surface area contributed by atoms with Gasteiger partial charge < -0.3 is 4.74 Å². The van der Waals surface area contributed by atoms with Gasteiger partial charge in [-0.05, 0) is 0 Å². The lowest BCUT2D eigenvalue weighted by atomic mass is 10.6. The molecule has 6 heteroatoms. The lowest BCUT2D eigenvalue weighted by Crippen LogP contribution is -2.46. The Hall–Kier alpha value is -1.30. The molecule has 0 bridgehead atoms. The minimum Gasteiger partial charge on any atom is -0.466 e. The van der Waals surface area contributed by atoms with Gasteiger partial charge >= 0.3 is 6.02 Å². The number of amidine groups is 1. The third kappa shape index (κ3) is 0.883. The van der Waals surface area contributed by atoms with Gasteiger partial charge in [-0.3, -0.25) is 10.2 Å². The molecule has 6 nitrogen and oxygen atoms in total. The first kappa shape index (κ1) is 6.81. The molecule has 0 amide bonds. The molecule has 0 aliphatic carbocycles. The van der Waals surface area contributed by atoms with Crippen molar-refractivity contribution >= 4 is 12.3 Å². The Bertz CT molecular complexity index is 169. The lowest BCUT2D eigenvalue weighted by Gasteiger charge is -2.14. The number of aldehydes is 1. The maximum absolute atomic E-state index is 10.2. The summed E-state index contributed by atoms with van der Waals surface area (Å²) in [6.45, 7) is 0. The van der Waals surface area contributed by atoms with Gasteiger partial charge in [-0.25, -0.2) is 10.9 Å². The summed E-state index contributed by atoms with van der Waals surface area (Å²) >= 11 is 0. The van der Waals surface area contributed by atoms with Crippen LogP contribution < -0.4 is 11.3 Å². The minimum atomic E-state index is -0.602. The van der Waals surface area contributed by atoms with Crippen LogP contribution in [0.5, 0.6) is 0 Å². The van der Waals surface area contributed by atoms with Crippen molar-refractivity contribution in [1.29, 1.82) is 0 Å². The molecule has 56 valence electrons. The molecule has 10 heavy (non-hydrogen) atoms. The number of hydrogen-bond donors (Lipinski definition) is 2. The normalized spacial score (nSPS) is 23.6. The number of hydrazine groups is 1. The fourth-order valence-corrected chi connectivity index (χ4v) is 0.607. The number of nitrogens with zero attached hydrogens (tertiary/aromatic N) is 2. The molecule has 1 aliphatic heterocycles. The molecule has 0 aromatic heterocycles. The quantitative estimate of drug-likeness (QED) is 0.335. The molecule has 0 aromatic rings. The van der Waals surface area contributed by atoms with Crippen LogP contribution in [0.15, 0.2) is 5.10 Å². The third-order valence-electron chi connectivity index (χ3n) is 1.12. The van der Waals surface area contributed by atoms with Crippen molar-refractivity contribution in [3.63, 3.8) is 0 Å². The molecule has 0 saturated heterocycles. The van der Waals surface area contributed by atoms with Crippen molar-refractivity contribution in [3.05, 3.63) is 0 Å². The maximum atomic E-state index is 10.2. The van der Waals surface area contributed by atoms with Gasteiger partial charge in [0.05, 0.1) is 7.11 Å². The van der Waals surface area contributed by atoms with Crippen LogP contribution in [0.2, 0.25) is 0 Å². The molecule has 0 saturated carbocycles. The Morgan fingerprint density at radius 3 is 3.00 bits per heavy atom. The number of methoxy groups -OCH3 is 1. The Kier molecular flexibility index (Phi) is 1.72. The van der Waals surface area contributed by atoms with Gasteiger partial charge in [-0.15, -0.1) is 5.10 Å². The van der Waals surface area contributed by atoms with Crippen LogP contribution in [-0.2, 0) is 9.53 Å². The minimum absolute atomic E-state index is 0.206.